The maximum atomic E-state index is 14.4. The summed E-state index contributed by atoms with van der Waals surface area (Å²) in [5.41, 5.74) is 5.92. The lowest BCUT2D eigenvalue weighted by atomic mass is 9.97. The Bertz CT molecular complexity index is 1710. The summed E-state index contributed by atoms with van der Waals surface area (Å²) in [5.74, 6) is -0.290. The summed E-state index contributed by atoms with van der Waals surface area (Å²) >= 11 is 1.53. The van der Waals surface area contributed by atoms with Gasteiger partial charge in [-0.05, 0) is 53.8 Å². The second-order valence-electron chi connectivity index (χ2n) is 10.6. The molecule has 0 N–H and O–H groups in total. The first-order valence-electron chi connectivity index (χ1n) is 14.3. The van der Waals surface area contributed by atoms with Crippen molar-refractivity contribution in [3.8, 4) is 5.69 Å². The minimum absolute atomic E-state index is 0.0520. The van der Waals surface area contributed by atoms with Gasteiger partial charge in [0.1, 0.15) is 18.7 Å². The third-order valence-electron chi connectivity index (χ3n) is 7.66. The number of hydrogen-bond acceptors (Lipinski definition) is 6. The summed E-state index contributed by atoms with van der Waals surface area (Å²) in [6, 6.07) is 25.3. The zero-order valence-corrected chi connectivity index (χ0v) is 24.7. The fourth-order valence-electron chi connectivity index (χ4n) is 5.41. The Morgan fingerprint density at radius 2 is 1.74 bits per heavy atom. The molecule has 2 amide bonds. The summed E-state index contributed by atoms with van der Waals surface area (Å²) in [4.78, 5) is 40.5. The van der Waals surface area contributed by atoms with Crippen LogP contribution >= 0.6 is 11.3 Å². The van der Waals surface area contributed by atoms with Crippen molar-refractivity contribution in [2.24, 2.45) is 0 Å². The van der Waals surface area contributed by atoms with Crippen molar-refractivity contribution in [2.75, 3.05) is 6.54 Å². The van der Waals surface area contributed by atoms with Crippen molar-refractivity contribution in [1.29, 1.82) is 0 Å². The van der Waals surface area contributed by atoms with Crippen LogP contribution in [0.1, 0.15) is 33.0 Å². The molecule has 1 aliphatic heterocycles. The number of aromatic nitrogens is 4. The molecule has 9 heteroatoms. The number of carbonyl (C=O) groups excluding carboxylic acids is 2. The normalized spacial score (nSPS) is 13.6. The highest BCUT2D eigenvalue weighted by molar-refractivity contribution is 7.09. The zero-order chi connectivity index (χ0) is 29.6. The Balaban J connectivity index is 1.34. The van der Waals surface area contributed by atoms with Crippen molar-refractivity contribution in [3.05, 3.63) is 136 Å². The Morgan fingerprint density at radius 1 is 0.977 bits per heavy atom. The third-order valence-corrected chi connectivity index (χ3v) is 8.46. The molecule has 43 heavy (non-hydrogen) atoms. The molecule has 216 valence electrons. The van der Waals surface area contributed by atoms with E-state index in [1.54, 1.807) is 22.0 Å². The first-order chi connectivity index (χ1) is 21.0. The van der Waals surface area contributed by atoms with Crippen LogP contribution < -0.4 is 0 Å². The number of amides is 2. The zero-order valence-electron chi connectivity index (χ0n) is 23.9. The summed E-state index contributed by atoms with van der Waals surface area (Å²) in [7, 11) is 0. The van der Waals surface area contributed by atoms with Gasteiger partial charge in [-0.25, -0.2) is 14.6 Å². The van der Waals surface area contributed by atoms with E-state index in [0.717, 1.165) is 39.5 Å². The van der Waals surface area contributed by atoms with Gasteiger partial charge < -0.3 is 9.80 Å². The van der Waals surface area contributed by atoms with Crippen molar-refractivity contribution >= 4 is 29.2 Å². The second-order valence-corrected chi connectivity index (χ2v) is 11.6. The van der Waals surface area contributed by atoms with E-state index in [4.69, 9.17) is 0 Å². The van der Waals surface area contributed by atoms with E-state index in [1.165, 1.54) is 29.3 Å². The number of aryl methyl sites for hydroxylation is 1. The molecule has 0 bridgehead atoms. The highest BCUT2D eigenvalue weighted by Crippen LogP contribution is 2.23. The molecular formula is C34H32N6O2S. The van der Waals surface area contributed by atoms with Crippen LogP contribution in [0.15, 0.2) is 103 Å². The molecule has 0 saturated heterocycles. The molecule has 8 nitrogen and oxygen atoms in total. The summed E-state index contributed by atoms with van der Waals surface area (Å²) in [6.07, 6.45) is 7.60. The maximum absolute atomic E-state index is 14.4. The molecule has 0 fully saturated rings. The smallest absolute Gasteiger partial charge is 0.247 e. The predicted molar refractivity (Wildman–Crippen MR) is 167 cm³/mol. The largest absolute Gasteiger partial charge is 0.336 e. The summed E-state index contributed by atoms with van der Waals surface area (Å²) in [5, 5.41) is 7.05. The number of nitrogens with zero attached hydrogens (tertiary/aromatic N) is 6. The Morgan fingerprint density at radius 3 is 2.47 bits per heavy atom. The molecule has 3 heterocycles. The van der Waals surface area contributed by atoms with Gasteiger partial charge in [0.2, 0.25) is 11.8 Å². The Kier molecular flexibility index (Phi) is 8.51. The Labute approximate surface area is 255 Å². The van der Waals surface area contributed by atoms with Crippen LogP contribution in [0, 0.1) is 6.92 Å². The van der Waals surface area contributed by atoms with Crippen LogP contribution in [0.25, 0.3) is 11.8 Å². The van der Waals surface area contributed by atoms with E-state index >= 15 is 0 Å². The minimum Gasteiger partial charge on any atom is -0.336 e. The fourth-order valence-corrected chi connectivity index (χ4v) is 5.99. The first kappa shape index (κ1) is 28.2. The van der Waals surface area contributed by atoms with Crippen molar-refractivity contribution in [2.45, 2.75) is 38.9 Å². The van der Waals surface area contributed by atoms with Gasteiger partial charge in [0.05, 0.1) is 16.4 Å². The molecule has 6 rings (SSSR count). The van der Waals surface area contributed by atoms with E-state index in [9.17, 15) is 9.59 Å². The lowest BCUT2D eigenvalue weighted by molar-refractivity contribution is -0.144. The van der Waals surface area contributed by atoms with Gasteiger partial charge in [-0.3, -0.25) is 9.59 Å². The quantitative estimate of drug-likeness (QED) is 0.219. The van der Waals surface area contributed by atoms with E-state index < -0.39 is 6.04 Å². The van der Waals surface area contributed by atoms with Gasteiger partial charge in [0, 0.05) is 37.5 Å². The molecule has 0 saturated carbocycles. The van der Waals surface area contributed by atoms with E-state index in [2.05, 4.69) is 27.2 Å². The molecule has 3 aromatic carbocycles. The van der Waals surface area contributed by atoms with Crippen LogP contribution in [0.5, 0.6) is 0 Å². The topological polar surface area (TPSA) is 84.2 Å². The molecule has 1 aliphatic rings. The van der Waals surface area contributed by atoms with Crippen LogP contribution in [-0.2, 0) is 35.5 Å². The van der Waals surface area contributed by atoms with Gasteiger partial charge in [-0.15, -0.1) is 11.3 Å². The fraction of sp³-hybridized carbons (Fsp3) is 0.206. The van der Waals surface area contributed by atoms with Gasteiger partial charge >= 0.3 is 0 Å². The van der Waals surface area contributed by atoms with Gasteiger partial charge in [-0.2, -0.15) is 5.10 Å². The summed E-state index contributed by atoms with van der Waals surface area (Å²) in [6.45, 7) is 3.35. The van der Waals surface area contributed by atoms with E-state index in [-0.39, 0.29) is 18.4 Å². The SMILES string of the molecule is Cc1nc(C=CC(=O)N(Cc2ccc(-n3cncn3)cc2)C(Cc2ccccc2)C(=O)N2CCc3ccccc3C2)cs1. The number of rotatable bonds is 9. The number of benzene rings is 3. The molecular weight excluding hydrogens is 556 g/mol. The average molecular weight is 589 g/mol. The number of hydrogen-bond donors (Lipinski definition) is 0. The Hall–Kier alpha value is -4.89. The van der Waals surface area contributed by atoms with Gasteiger partial charge in [0.25, 0.3) is 0 Å². The van der Waals surface area contributed by atoms with Crippen LogP contribution in [0.3, 0.4) is 0 Å². The van der Waals surface area contributed by atoms with Crippen LogP contribution in [-0.4, -0.2) is 53.9 Å². The van der Waals surface area contributed by atoms with E-state index in [1.807, 2.05) is 83.9 Å². The number of carbonyl (C=O) groups is 2. The lowest BCUT2D eigenvalue weighted by Gasteiger charge is -2.36. The van der Waals surface area contributed by atoms with Crippen molar-refractivity contribution in [3.63, 3.8) is 0 Å². The molecule has 1 atom stereocenters. The minimum atomic E-state index is -0.697. The molecule has 0 radical (unpaired) electrons. The molecule has 0 aliphatic carbocycles. The number of thiazole rings is 1. The standard InChI is InChI=1S/C34H32N6O2S/c1-25-37-30(22-43-25)13-16-33(41)39(20-27-11-14-31(15-12-27)40-24-35-23-36-40)32(19-26-7-3-2-4-8-26)34(42)38-18-17-28-9-5-6-10-29(28)21-38/h2-16,22-24,32H,17-21H2,1H3. The van der Waals surface area contributed by atoms with Crippen molar-refractivity contribution in [1.82, 2.24) is 29.5 Å². The molecule has 5 aromatic rings. The first-order valence-corrected chi connectivity index (χ1v) is 15.2. The lowest BCUT2D eigenvalue weighted by Crippen LogP contribution is -2.52. The molecule has 0 spiro atoms. The van der Waals surface area contributed by atoms with E-state index in [0.29, 0.717) is 19.5 Å². The average Bonchev–Trinajstić information content (AvgIpc) is 3.74. The highest BCUT2D eigenvalue weighted by atomic mass is 32.1. The number of fused-ring (bicyclic) bond motifs is 1. The second kappa shape index (κ2) is 13.0. The van der Waals surface area contributed by atoms with Crippen molar-refractivity contribution < 1.29 is 9.59 Å². The third kappa shape index (κ3) is 6.79. The predicted octanol–water partition coefficient (Wildman–Crippen LogP) is 5.27. The van der Waals surface area contributed by atoms with Crippen LogP contribution in [0.4, 0.5) is 0 Å². The summed E-state index contributed by atoms with van der Waals surface area (Å²) < 4.78 is 1.68. The maximum Gasteiger partial charge on any atom is 0.247 e. The molecule has 1 unspecified atom stereocenters. The van der Waals surface area contributed by atoms with Gasteiger partial charge in [0.15, 0.2) is 0 Å². The molecule has 2 aromatic heterocycles. The van der Waals surface area contributed by atoms with Crippen LogP contribution in [0.2, 0.25) is 0 Å². The monoisotopic (exact) mass is 588 g/mol. The van der Waals surface area contributed by atoms with Gasteiger partial charge in [-0.1, -0.05) is 66.7 Å². The highest BCUT2D eigenvalue weighted by Gasteiger charge is 2.34.